The largest absolute Gasteiger partial charge is 0.468 e. The molecule has 2 aromatic carbocycles. The zero-order chi connectivity index (χ0) is 38.4. The molecule has 2 aromatic heterocycles. The van der Waals surface area contributed by atoms with Crippen LogP contribution in [0.5, 0.6) is 5.75 Å². The number of pyridine rings is 1. The highest BCUT2D eigenvalue weighted by Crippen LogP contribution is 2.43. The van der Waals surface area contributed by atoms with E-state index in [4.69, 9.17) is 19.2 Å². The number of hydrogen-bond acceptors (Lipinski definition) is 8. The molecule has 0 saturated carbocycles. The van der Waals surface area contributed by atoms with E-state index < -0.39 is 25.3 Å². The first kappa shape index (κ1) is 38.4. The maximum Gasteiger partial charge on any atom is 0.410 e. The molecule has 53 heavy (non-hydrogen) atoms. The van der Waals surface area contributed by atoms with Crippen molar-refractivity contribution in [3.05, 3.63) is 54.0 Å². The van der Waals surface area contributed by atoms with Gasteiger partial charge >= 0.3 is 6.09 Å². The number of halogens is 2. The van der Waals surface area contributed by atoms with Crippen molar-refractivity contribution in [1.82, 2.24) is 19.9 Å². The lowest BCUT2D eigenvalue weighted by Gasteiger charge is -2.42. The first-order chi connectivity index (χ1) is 25.1. The Morgan fingerprint density at radius 1 is 0.981 bits per heavy atom. The molecule has 4 aromatic rings. The number of ether oxygens (including phenoxy) is 3. The normalized spacial score (nSPS) is 17.6. The van der Waals surface area contributed by atoms with Crippen molar-refractivity contribution in [2.45, 2.75) is 109 Å². The van der Waals surface area contributed by atoms with Gasteiger partial charge in [0, 0.05) is 37.3 Å². The smallest absolute Gasteiger partial charge is 0.410 e. The Hall–Kier alpha value is -4.34. The average Bonchev–Trinajstić information content (AvgIpc) is 3.36. The van der Waals surface area contributed by atoms with Crippen LogP contribution in [0.4, 0.5) is 19.4 Å². The molecule has 1 amide bonds. The quantitative estimate of drug-likeness (QED) is 0.100. The van der Waals surface area contributed by atoms with Crippen molar-refractivity contribution in [1.29, 1.82) is 0 Å². The molecule has 2 fully saturated rings. The predicted octanol–water partition coefficient (Wildman–Crippen LogP) is 9.26. The fourth-order valence-electron chi connectivity index (χ4n) is 8.64. The molecule has 12 heteroatoms. The van der Waals surface area contributed by atoms with E-state index in [2.05, 4.69) is 67.9 Å². The Kier molecular flexibility index (Phi) is 10.7. The van der Waals surface area contributed by atoms with Gasteiger partial charge in [-0.2, -0.15) is 0 Å². The summed E-state index contributed by atoms with van der Waals surface area (Å²) in [7, 11) is -0.734. The minimum atomic E-state index is -2.25. The molecule has 282 valence electrons. The first-order valence-corrected chi connectivity index (χ1v) is 20.8. The van der Waals surface area contributed by atoms with Crippen LogP contribution in [-0.4, -0.2) is 78.7 Å². The number of hydrogen-bond donors (Lipinski definition) is 0. The molecule has 6 rings (SSSR count). The van der Waals surface area contributed by atoms with Crippen LogP contribution in [0.3, 0.4) is 0 Å². The number of rotatable bonds is 8. The Morgan fingerprint density at radius 2 is 1.64 bits per heavy atom. The van der Waals surface area contributed by atoms with E-state index in [0.717, 1.165) is 12.8 Å². The molecule has 2 bridgehead atoms. The van der Waals surface area contributed by atoms with Crippen LogP contribution in [0.15, 0.2) is 36.8 Å². The maximum absolute atomic E-state index is 17.0. The molecule has 0 spiro atoms. The number of piperazine rings is 1. The number of nitrogens with zero attached hydrogens (tertiary/aromatic N) is 5. The third-order valence-electron chi connectivity index (χ3n) is 10.9. The van der Waals surface area contributed by atoms with Crippen LogP contribution in [0.25, 0.3) is 32.9 Å². The van der Waals surface area contributed by atoms with Crippen LogP contribution in [0.2, 0.25) is 16.6 Å². The molecule has 9 nitrogen and oxygen atoms in total. The summed E-state index contributed by atoms with van der Waals surface area (Å²) < 4.78 is 49.7. The van der Waals surface area contributed by atoms with Crippen molar-refractivity contribution >= 4 is 41.7 Å². The minimum Gasteiger partial charge on any atom is -0.468 e. The van der Waals surface area contributed by atoms with Gasteiger partial charge < -0.3 is 19.1 Å². The second-order valence-corrected chi connectivity index (χ2v) is 21.8. The third kappa shape index (κ3) is 7.18. The van der Waals surface area contributed by atoms with Gasteiger partial charge in [-0.25, -0.2) is 23.5 Å². The number of methoxy groups -OCH3 is 1. The SMILES string of the molecule is COCOc1cc(-c2ncc3c(N4CC5CCC(C4)N5C(=O)OC(C)(C)C)ncnc3c2F)c2c(C#C[Si](C(C)C)(C(C)C)C(C)C)c(F)ccc2c1. The monoisotopic (exact) mass is 743 g/mol. The summed E-state index contributed by atoms with van der Waals surface area (Å²) in [5, 5.41) is 1.53. The average molecular weight is 744 g/mol. The van der Waals surface area contributed by atoms with E-state index in [0.29, 0.717) is 63.0 Å². The molecule has 2 saturated heterocycles. The molecule has 2 unspecified atom stereocenters. The predicted molar refractivity (Wildman–Crippen MR) is 208 cm³/mol. The highest BCUT2D eigenvalue weighted by Gasteiger charge is 2.45. The maximum atomic E-state index is 17.0. The summed E-state index contributed by atoms with van der Waals surface area (Å²) >= 11 is 0. The first-order valence-electron chi connectivity index (χ1n) is 18.5. The van der Waals surface area contributed by atoms with E-state index in [1.807, 2.05) is 25.7 Å². The van der Waals surface area contributed by atoms with E-state index in [1.165, 1.54) is 19.5 Å². The standard InChI is InChI=1S/C41H51F2N5O4Si/c1-24(2)53(25(3)4,26(5)6)16-15-31-34(42)14-11-27-17-30(51-23-50-10)18-32(35(27)31)37-36(43)38-33(19-44-37)39(46-22-45-38)47-20-28-12-13-29(21-47)48(28)40(49)52-41(7,8)9/h11,14,17-19,22,24-26,28-29H,12-13,20-21,23H2,1-10H3. The zero-order valence-electron chi connectivity index (χ0n) is 32.5. The number of benzene rings is 2. The van der Waals surface area contributed by atoms with Gasteiger partial charge in [0.1, 0.15) is 48.6 Å². The third-order valence-corrected chi connectivity index (χ3v) is 17.2. The van der Waals surface area contributed by atoms with Gasteiger partial charge in [0.2, 0.25) is 0 Å². The van der Waals surface area contributed by atoms with E-state index in [-0.39, 0.29) is 41.7 Å². The molecule has 0 N–H and O–H groups in total. The fraction of sp³-hybridized carbons (Fsp3) is 0.512. The number of carbonyl (C=O) groups is 1. The summed E-state index contributed by atoms with van der Waals surface area (Å²) in [4.78, 5) is 30.7. The molecule has 0 radical (unpaired) electrons. The van der Waals surface area contributed by atoms with Crippen LogP contribution >= 0.6 is 0 Å². The number of amides is 1. The second-order valence-electron chi connectivity index (χ2n) is 16.2. The van der Waals surface area contributed by atoms with E-state index >= 15 is 8.78 Å². The van der Waals surface area contributed by atoms with Crippen LogP contribution < -0.4 is 9.64 Å². The number of anilines is 1. The lowest BCUT2D eigenvalue weighted by Crippen LogP contribution is -2.57. The van der Waals surface area contributed by atoms with Crippen molar-refractivity contribution in [2.24, 2.45) is 0 Å². The van der Waals surface area contributed by atoms with E-state index in [1.54, 1.807) is 24.4 Å². The second kappa shape index (κ2) is 14.8. The number of aromatic nitrogens is 3. The van der Waals surface area contributed by atoms with Gasteiger partial charge in [-0.15, -0.1) is 5.54 Å². The molecule has 0 aliphatic carbocycles. The van der Waals surface area contributed by atoms with Crippen molar-refractivity contribution in [3.8, 4) is 28.5 Å². The minimum absolute atomic E-state index is 0.00133. The van der Waals surface area contributed by atoms with E-state index in [9.17, 15) is 4.79 Å². The highest BCUT2D eigenvalue weighted by molar-refractivity contribution is 6.90. The van der Waals surface area contributed by atoms with Gasteiger partial charge in [0.25, 0.3) is 0 Å². The van der Waals surface area contributed by atoms with Crippen LogP contribution in [0.1, 0.15) is 80.7 Å². The number of fused-ring (bicyclic) bond motifs is 4. The van der Waals surface area contributed by atoms with Gasteiger partial charge in [-0.05, 0) is 73.8 Å². The zero-order valence-corrected chi connectivity index (χ0v) is 33.5. The van der Waals surface area contributed by atoms with Crippen molar-refractivity contribution in [2.75, 3.05) is 31.9 Å². The Labute approximate surface area is 312 Å². The molecule has 2 aliphatic heterocycles. The molecule has 2 aliphatic rings. The Morgan fingerprint density at radius 3 is 2.25 bits per heavy atom. The van der Waals surface area contributed by atoms with Crippen molar-refractivity contribution < 1.29 is 27.8 Å². The summed E-state index contributed by atoms with van der Waals surface area (Å²) in [5.41, 5.74) is 4.71. The molecule has 4 heterocycles. The topological polar surface area (TPSA) is 89.9 Å². The molecular weight excluding hydrogens is 693 g/mol. The van der Waals surface area contributed by atoms with Gasteiger partial charge in [0.15, 0.2) is 12.6 Å². The lowest BCUT2D eigenvalue weighted by molar-refractivity contribution is 0.0123. The van der Waals surface area contributed by atoms with Crippen LogP contribution in [-0.2, 0) is 9.47 Å². The van der Waals surface area contributed by atoms with Gasteiger partial charge in [-0.3, -0.25) is 9.88 Å². The highest BCUT2D eigenvalue weighted by atomic mass is 28.3. The van der Waals surface area contributed by atoms with Gasteiger partial charge in [0.05, 0.1) is 23.0 Å². The van der Waals surface area contributed by atoms with Gasteiger partial charge in [-0.1, -0.05) is 53.5 Å². The molecule has 2 atom stereocenters. The number of carbonyl (C=O) groups excluding carboxylic acids is 1. The Balaban J connectivity index is 1.48. The van der Waals surface area contributed by atoms with Crippen molar-refractivity contribution in [3.63, 3.8) is 0 Å². The lowest BCUT2D eigenvalue weighted by atomic mass is 9.95. The molecular formula is C41H51F2N5O4Si. The van der Waals surface area contributed by atoms with Crippen LogP contribution in [0, 0.1) is 23.1 Å². The summed E-state index contributed by atoms with van der Waals surface area (Å²) in [6.45, 7) is 19.8. The fourth-order valence-corrected chi connectivity index (χ4v) is 13.9. The summed E-state index contributed by atoms with van der Waals surface area (Å²) in [5.74, 6) is 3.13. The summed E-state index contributed by atoms with van der Waals surface area (Å²) in [6, 6.07) is 6.37. The Bertz CT molecular complexity index is 2050. The summed E-state index contributed by atoms with van der Waals surface area (Å²) in [6.07, 6.45) is 4.30.